The standard InChI is InChI=1S/C21H15N3O3S/c1-12-6-2-3-7-13(12)19-18(22-11-27-19)20(25)24-21-23-17-14-8-4-5-9-15(14)26-10-16(17)28-21/h2-9,11H,10H2,1H3,(H,23,24,25). The molecule has 0 aliphatic carbocycles. The summed E-state index contributed by atoms with van der Waals surface area (Å²) >= 11 is 1.40. The summed E-state index contributed by atoms with van der Waals surface area (Å²) in [6.07, 6.45) is 1.29. The van der Waals surface area contributed by atoms with Crippen molar-refractivity contribution in [2.24, 2.45) is 0 Å². The van der Waals surface area contributed by atoms with Crippen molar-refractivity contribution in [1.82, 2.24) is 9.97 Å². The smallest absolute Gasteiger partial charge is 0.280 e. The molecular formula is C21H15N3O3S. The number of nitrogens with zero attached hydrogens (tertiary/aromatic N) is 2. The lowest BCUT2D eigenvalue weighted by atomic mass is 10.1. The number of benzene rings is 2. The predicted octanol–water partition coefficient (Wildman–Crippen LogP) is 4.92. The summed E-state index contributed by atoms with van der Waals surface area (Å²) in [6, 6.07) is 15.5. The first-order valence-corrected chi connectivity index (χ1v) is 9.55. The van der Waals surface area contributed by atoms with Gasteiger partial charge in [0.05, 0.1) is 10.6 Å². The molecule has 0 bridgehead atoms. The van der Waals surface area contributed by atoms with E-state index < -0.39 is 0 Å². The molecule has 1 aliphatic rings. The molecular weight excluding hydrogens is 374 g/mol. The van der Waals surface area contributed by atoms with Crippen LogP contribution < -0.4 is 10.1 Å². The molecule has 4 aromatic rings. The van der Waals surface area contributed by atoms with Crippen LogP contribution in [0.3, 0.4) is 0 Å². The highest BCUT2D eigenvalue weighted by atomic mass is 32.1. The summed E-state index contributed by atoms with van der Waals surface area (Å²) in [5, 5.41) is 3.36. The molecule has 0 atom stereocenters. The number of fused-ring (bicyclic) bond motifs is 3. The normalized spacial score (nSPS) is 12.0. The number of amides is 1. The van der Waals surface area contributed by atoms with Gasteiger partial charge in [-0.1, -0.05) is 47.7 Å². The summed E-state index contributed by atoms with van der Waals surface area (Å²) in [7, 11) is 0. The molecule has 0 fully saturated rings. The second-order valence-electron chi connectivity index (χ2n) is 6.37. The van der Waals surface area contributed by atoms with Gasteiger partial charge in [-0.3, -0.25) is 10.1 Å². The Morgan fingerprint density at radius 1 is 1.11 bits per heavy atom. The Balaban J connectivity index is 1.45. The number of hydrogen-bond donors (Lipinski definition) is 1. The minimum absolute atomic E-state index is 0.235. The number of aromatic nitrogens is 2. The molecule has 0 unspecified atom stereocenters. The largest absolute Gasteiger partial charge is 0.487 e. The third-order valence-corrected chi connectivity index (χ3v) is 5.54. The average molecular weight is 389 g/mol. The van der Waals surface area contributed by atoms with Crippen LogP contribution in [-0.4, -0.2) is 15.9 Å². The van der Waals surface area contributed by atoms with Crippen molar-refractivity contribution in [3.05, 3.63) is 71.1 Å². The van der Waals surface area contributed by atoms with Crippen LogP contribution in [0.15, 0.2) is 59.3 Å². The van der Waals surface area contributed by atoms with E-state index >= 15 is 0 Å². The van der Waals surface area contributed by atoms with Crippen LogP contribution in [0, 0.1) is 6.92 Å². The molecule has 0 spiro atoms. The van der Waals surface area contributed by atoms with E-state index in [4.69, 9.17) is 9.15 Å². The van der Waals surface area contributed by atoms with Crippen molar-refractivity contribution in [2.45, 2.75) is 13.5 Å². The van der Waals surface area contributed by atoms with Gasteiger partial charge >= 0.3 is 0 Å². The van der Waals surface area contributed by atoms with Crippen LogP contribution in [0.5, 0.6) is 5.75 Å². The Kier molecular flexibility index (Phi) is 3.95. The second kappa shape index (κ2) is 6.61. The Bertz CT molecular complexity index is 1200. The van der Waals surface area contributed by atoms with E-state index in [1.54, 1.807) is 0 Å². The van der Waals surface area contributed by atoms with E-state index in [2.05, 4.69) is 15.3 Å². The Labute approximate surface area is 164 Å². The van der Waals surface area contributed by atoms with E-state index in [1.807, 2.05) is 55.5 Å². The highest BCUT2D eigenvalue weighted by Crippen LogP contribution is 2.40. The minimum Gasteiger partial charge on any atom is -0.487 e. The van der Waals surface area contributed by atoms with Gasteiger partial charge in [0.25, 0.3) is 5.91 Å². The van der Waals surface area contributed by atoms with Gasteiger partial charge < -0.3 is 9.15 Å². The van der Waals surface area contributed by atoms with E-state index in [-0.39, 0.29) is 11.6 Å². The Morgan fingerprint density at radius 2 is 1.89 bits per heavy atom. The zero-order valence-corrected chi connectivity index (χ0v) is 15.7. The molecule has 2 aromatic heterocycles. The number of anilines is 1. The maximum absolute atomic E-state index is 12.8. The third kappa shape index (κ3) is 2.76. The zero-order valence-electron chi connectivity index (χ0n) is 14.9. The highest BCUT2D eigenvalue weighted by Gasteiger charge is 2.24. The second-order valence-corrected chi connectivity index (χ2v) is 7.46. The van der Waals surface area contributed by atoms with E-state index in [0.29, 0.717) is 17.5 Å². The number of ether oxygens (including phenoxy) is 1. The first kappa shape index (κ1) is 16.7. The van der Waals surface area contributed by atoms with Crippen molar-refractivity contribution in [2.75, 3.05) is 5.32 Å². The molecule has 7 heteroatoms. The molecule has 0 saturated heterocycles. The molecule has 5 rings (SSSR count). The van der Waals surface area contributed by atoms with E-state index in [1.165, 1.54) is 17.7 Å². The lowest BCUT2D eigenvalue weighted by Gasteiger charge is -2.15. The number of carbonyl (C=O) groups is 1. The van der Waals surface area contributed by atoms with Gasteiger partial charge in [-0.2, -0.15) is 0 Å². The van der Waals surface area contributed by atoms with Crippen molar-refractivity contribution in [3.8, 4) is 28.3 Å². The van der Waals surface area contributed by atoms with Gasteiger partial charge in [-0.15, -0.1) is 0 Å². The summed E-state index contributed by atoms with van der Waals surface area (Å²) in [6.45, 7) is 2.41. The summed E-state index contributed by atoms with van der Waals surface area (Å²) in [4.78, 5) is 22.6. The molecule has 1 N–H and O–H groups in total. The van der Waals surface area contributed by atoms with Crippen LogP contribution >= 0.6 is 11.3 Å². The molecule has 138 valence electrons. The summed E-state index contributed by atoms with van der Waals surface area (Å²) < 4.78 is 11.3. The number of thiazole rings is 1. The quantitative estimate of drug-likeness (QED) is 0.538. The van der Waals surface area contributed by atoms with Crippen molar-refractivity contribution in [1.29, 1.82) is 0 Å². The van der Waals surface area contributed by atoms with Crippen LogP contribution in [0.2, 0.25) is 0 Å². The number of para-hydroxylation sites is 1. The zero-order chi connectivity index (χ0) is 19.1. The summed E-state index contributed by atoms with van der Waals surface area (Å²) in [5.74, 6) is 0.898. The molecule has 2 aromatic carbocycles. The van der Waals surface area contributed by atoms with Gasteiger partial charge in [0.15, 0.2) is 23.0 Å². The SMILES string of the molecule is Cc1ccccc1-c1ocnc1C(=O)Nc1nc2c(s1)COc1ccccc1-2. The van der Waals surface area contributed by atoms with Gasteiger partial charge in [-0.25, -0.2) is 9.97 Å². The topological polar surface area (TPSA) is 77.3 Å². The first-order chi connectivity index (χ1) is 13.7. The average Bonchev–Trinajstić information content (AvgIpc) is 3.35. The first-order valence-electron chi connectivity index (χ1n) is 8.73. The van der Waals surface area contributed by atoms with Crippen LogP contribution in [-0.2, 0) is 6.61 Å². The molecule has 0 radical (unpaired) electrons. The number of rotatable bonds is 3. The number of hydrogen-bond acceptors (Lipinski definition) is 6. The predicted molar refractivity (Wildman–Crippen MR) is 107 cm³/mol. The lowest BCUT2D eigenvalue weighted by Crippen LogP contribution is -2.13. The van der Waals surface area contributed by atoms with Gasteiger partial charge in [0.1, 0.15) is 12.4 Å². The number of oxazole rings is 1. The fourth-order valence-electron chi connectivity index (χ4n) is 3.23. The molecule has 1 aliphatic heterocycles. The fourth-order valence-corrected chi connectivity index (χ4v) is 4.11. The van der Waals surface area contributed by atoms with E-state index in [0.717, 1.165) is 33.0 Å². The maximum Gasteiger partial charge on any atom is 0.280 e. The summed E-state index contributed by atoms with van der Waals surface area (Å²) in [5.41, 5.74) is 3.86. The van der Waals surface area contributed by atoms with Crippen molar-refractivity contribution in [3.63, 3.8) is 0 Å². The molecule has 0 saturated carbocycles. The minimum atomic E-state index is -0.354. The van der Waals surface area contributed by atoms with Crippen LogP contribution in [0.25, 0.3) is 22.6 Å². The highest BCUT2D eigenvalue weighted by molar-refractivity contribution is 7.16. The van der Waals surface area contributed by atoms with Crippen LogP contribution in [0.4, 0.5) is 5.13 Å². The number of aryl methyl sites for hydroxylation is 1. The van der Waals surface area contributed by atoms with Gasteiger partial charge in [0.2, 0.25) is 0 Å². The lowest BCUT2D eigenvalue weighted by molar-refractivity contribution is 0.102. The van der Waals surface area contributed by atoms with Gasteiger partial charge in [-0.05, 0) is 24.6 Å². The van der Waals surface area contributed by atoms with E-state index in [9.17, 15) is 4.79 Å². The number of nitrogens with one attached hydrogen (secondary N) is 1. The molecule has 28 heavy (non-hydrogen) atoms. The fraction of sp³-hybridized carbons (Fsp3) is 0.0952. The Morgan fingerprint density at radius 3 is 2.75 bits per heavy atom. The number of carbonyl (C=O) groups excluding carboxylic acids is 1. The Hall–Kier alpha value is -3.45. The monoisotopic (exact) mass is 389 g/mol. The van der Waals surface area contributed by atoms with Crippen molar-refractivity contribution >= 4 is 22.4 Å². The van der Waals surface area contributed by atoms with Crippen LogP contribution in [0.1, 0.15) is 20.9 Å². The molecule has 1 amide bonds. The van der Waals surface area contributed by atoms with Gasteiger partial charge in [0, 0.05) is 11.1 Å². The molecule has 3 heterocycles. The maximum atomic E-state index is 12.8. The molecule has 6 nitrogen and oxygen atoms in total. The third-order valence-electron chi connectivity index (χ3n) is 4.59. The van der Waals surface area contributed by atoms with Crippen molar-refractivity contribution < 1.29 is 13.9 Å².